The van der Waals surface area contributed by atoms with Crippen LogP contribution in [0, 0.1) is 6.92 Å². The zero-order chi connectivity index (χ0) is 21.1. The highest BCUT2D eigenvalue weighted by molar-refractivity contribution is 5.98. The normalized spacial score (nSPS) is 21.3. The largest absolute Gasteiger partial charge is 0.348 e. The zero-order valence-corrected chi connectivity index (χ0v) is 17.3. The topological polar surface area (TPSA) is 93.3 Å². The van der Waals surface area contributed by atoms with Crippen molar-refractivity contribution in [2.75, 3.05) is 0 Å². The van der Waals surface area contributed by atoms with E-state index >= 15 is 0 Å². The summed E-state index contributed by atoms with van der Waals surface area (Å²) in [7, 11) is 0. The van der Waals surface area contributed by atoms with E-state index in [0.29, 0.717) is 29.4 Å². The highest BCUT2D eigenvalue weighted by Crippen LogP contribution is 2.37. The Morgan fingerprint density at radius 1 is 1.27 bits per heavy atom. The van der Waals surface area contributed by atoms with Gasteiger partial charge in [-0.25, -0.2) is 9.97 Å². The second-order valence-electron chi connectivity index (χ2n) is 8.13. The van der Waals surface area contributed by atoms with Crippen LogP contribution in [-0.2, 0) is 6.54 Å². The molecule has 0 spiro atoms. The number of aryl methyl sites for hydroxylation is 1. The van der Waals surface area contributed by atoms with Crippen LogP contribution in [0.15, 0.2) is 53.7 Å². The minimum absolute atomic E-state index is 0.127. The van der Waals surface area contributed by atoms with Crippen LogP contribution in [0.3, 0.4) is 0 Å². The Hall–Kier alpha value is -3.12. The first kappa shape index (κ1) is 20.2. The average molecular weight is 402 g/mol. The number of benzene rings is 1. The average Bonchev–Trinajstić information content (AvgIpc) is 2.78. The third-order valence-electron chi connectivity index (χ3n) is 6.10. The number of aromatic nitrogens is 2. The summed E-state index contributed by atoms with van der Waals surface area (Å²) in [6.45, 7) is 5.93. The fourth-order valence-corrected chi connectivity index (χ4v) is 4.12. The molecule has 0 atom stereocenters. The van der Waals surface area contributed by atoms with Gasteiger partial charge in [0.15, 0.2) is 5.65 Å². The monoisotopic (exact) mass is 401 g/mol. The number of pyridine rings is 2. The van der Waals surface area contributed by atoms with Gasteiger partial charge in [-0.3, -0.25) is 9.79 Å². The Balaban J connectivity index is 1.38. The molecule has 4 rings (SSSR count). The SMILES string of the molecule is C=NC1(N)CCC(c2ccc(CNC(=O)c3cc4cccnc4nc3C)cc2)CC1. The number of nitrogens with one attached hydrogen (secondary N) is 1. The van der Waals surface area contributed by atoms with Gasteiger partial charge < -0.3 is 11.1 Å². The fraction of sp³-hybridized carbons (Fsp3) is 0.333. The summed E-state index contributed by atoms with van der Waals surface area (Å²) in [6.07, 6.45) is 5.49. The number of hydrogen-bond acceptors (Lipinski definition) is 5. The molecule has 6 nitrogen and oxygen atoms in total. The maximum absolute atomic E-state index is 12.7. The molecule has 0 aliphatic heterocycles. The van der Waals surface area contributed by atoms with Gasteiger partial charge in [0, 0.05) is 18.1 Å². The number of carbonyl (C=O) groups is 1. The van der Waals surface area contributed by atoms with Gasteiger partial charge in [0.05, 0.1) is 11.3 Å². The van der Waals surface area contributed by atoms with E-state index in [2.05, 4.69) is 51.3 Å². The van der Waals surface area contributed by atoms with Crippen molar-refractivity contribution < 1.29 is 4.79 Å². The van der Waals surface area contributed by atoms with Crippen molar-refractivity contribution >= 4 is 23.7 Å². The summed E-state index contributed by atoms with van der Waals surface area (Å²) in [5.74, 6) is 0.380. The predicted molar refractivity (Wildman–Crippen MR) is 120 cm³/mol. The van der Waals surface area contributed by atoms with Crippen LogP contribution < -0.4 is 11.1 Å². The van der Waals surface area contributed by atoms with Crippen LogP contribution >= 0.6 is 0 Å². The van der Waals surface area contributed by atoms with Gasteiger partial charge in [-0.1, -0.05) is 24.3 Å². The highest BCUT2D eigenvalue weighted by Gasteiger charge is 2.30. The molecular formula is C24H27N5O. The lowest BCUT2D eigenvalue weighted by molar-refractivity contribution is 0.0950. The van der Waals surface area contributed by atoms with Crippen molar-refractivity contribution in [1.82, 2.24) is 15.3 Å². The van der Waals surface area contributed by atoms with Gasteiger partial charge >= 0.3 is 0 Å². The molecule has 2 heterocycles. The lowest BCUT2D eigenvalue weighted by Gasteiger charge is -2.34. The van der Waals surface area contributed by atoms with E-state index in [4.69, 9.17) is 5.73 Å². The van der Waals surface area contributed by atoms with E-state index in [9.17, 15) is 4.79 Å². The van der Waals surface area contributed by atoms with Crippen molar-refractivity contribution in [1.29, 1.82) is 0 Å². The number of rotatable bonds is 5. The highest BCUT2D eigenvalue weighted by atomic mass is 16.1. The molecule has 2 aromatic heterocycles. The van der Waals surface area contributed by atoms with Gasteiger partial charge in [-0.15, -0.1) is 0 Å². The second-order valence-corrected chi connectivity index (χ2v) is 8.13. The summed E-state index contributed by atoms with van der Waals surface area (Å²) in [4.78, 5) is 25.5. The van der Waals surface area contributed by atoms with Crippen LogP contribution in [0.25, 0.3) is 11.0 Å². The first-order chi connectivity index (χ1) is 14.5. The number of fused-ring (bicyclic) bond motifs is 1. The summed E-state index contributed by atoms with van der Waals surface area (Å²) in [5.41, 5.74) is 10.0. The number of hydrogen-bond donors (Lipinski definition) is 2. The molecule has 154 valence electrons. The Morgan fingerprint density at radius 3 is 2.70 bits per heavy atom. The predicted octanol–water partition coefficient (Wildman–Crippen LogP) is 3.88. The fourth-order valence-electron chi connectivity index (χ4n) is 4.12. The van der Waals surface area contributed by atoms with Gasteiger partial charge in [0.1, 0.15) is 5.66 Å². The molecule has 6 heteroatoms. The van der Waals surface area contributed by atoms with Crippen molar-refractivity contribution in [3.05, 3.63) is 71.0 Å². The lowest BCUT2D eigenvalue weighted by Crippen LogP contribution is -2.40. The number of nitrogens with two attached hydrogens (primary N) is 1. The van der Waals surface area contributed by atoms with Crippen LogP contribution in [0.1, 0.15) is 58.8 Å². The molecule has 1 fully saturated rings. The van der Waals surface area contributed by atoms with Crippen molar-refractivity contribution in [2.24, 2.45) is 10.7 Å². The minimum Gasteiger partial charge on any atom is -0.348 e. The molecule has 1 aliphatic rings. The molecule has 0 unspecified atom stereocenters. The van der Waals surface area contributed by atoms with E-state index in [1.165, 1.54) is 5.56 Å². The molecule has 1 aromatic carbocycles. The van der Waals surface area contributed by atoms with Crippen molar-refractivity contribution in [3.63, 3.8) is 0 Å². The van der Waals surface area contributed by atoms with E-state index in [1.807, 2.05) is 25.1 Å². The van der Waals surface area contributed by atoms with Gasteiger partial charge in [0.2, 0.25) is 0 Å². The number of amides is 1. The van der Waals surface area contributed by atoms with E-state index in [0.717, 1.165) is 36.6 Å². The Morgan fingerprint density at radius 2 is 2.00 bits per heavy atom. The molecular weight excluding hydrogens is 374 g/mol. The first-order valence-electron chi connectivity index (χ1n) is 10.3. The molecule has 1 aliphatic carbocycles. The molecule has 30 heavy (non-hydrogen) atoms. The van der Waals surface area contributed by atoms with Gasteiger partial charge in [-0.05, 0) is 74.6 Å². The molecule has 3 aromatic rings. The third kappa shape index (κ3) is 4.24. The van der Waals surface area contributed by atoms with E-state index in [1.54, 1.807) is 6.20 Å². The van der Waals surface area contributed by atoms with E-state index < -0.39 is 5.66 Å². The van der Waals surface area contributed by atoms with Crippen molar-refractivity contribution in [3.8, 4) is 0 Å². The summed E-state index contributed by atoms with van der Waals surface area (Å²) in [6, 6.07) is 14.1. The summed E-state index contributed by atoms with van der Waals surface area (Å²) < 4.78 is 0. The second kappa shape index (κ2) is 8.32. The molecule has 1 saturated carbocycles. The van der Waals surface area contributed by atoms with E-state index in [-0.39, 0.29) is 5.91 Å². The molecule has 0 bridgehead atoms. The molecule has 1 amide bonds. The van der Waals surface area contributed by atoms with Gasteiger partial charge in [-0.2, -0.15) is 0 Å². The Bertz CT molecular complexity index is 1070. The van der Waals surface area contributed by atoms with Crippen LogP contribution in [0.4, 0.5) is 0 Å². The molecule has 3 N–H and O–H groups in total. The zero-order valence-electron chi connectivity index (χ0n) is 17.3. The summed E-state index contributed by atoms with van der Waals surface area (Å²) in [5, 5.41) is 3.86. The summed E-state index contributed by atoms with van der Waals surface area (Å²) >= 11 is 0. The Kier molecular flexibility index (Phi) is 5.59. The van der Waals surface area contributed by atoms with Gasteiger partial charge in [0.25, 0.3) is 5.91 Å². The standard InChI is InChI=1S/C24H27N5O/c1-16-21(14-20-4-3-13-27-22(20)29-16)23(30)28-15-17-5-7-18(8-6-17)19-9-11-24(25,26-2)12-10-19/h3-8,13-14,19H,2,9-12,15,25H2,1H3,(H,28,30). The number of carbonyl (C=O) groups excluding carboxylic acids is 1. The molecule has 0 radical (unpaired) electrons. The van der Waals surface area contributed by atoms with Crippen LogP contribution in [-0.4, -0.2) is 28.3 Å². The maximum atomic E-state index is 12.7. The number of nitrogens with zero attached hydrogens (tertiary/aromatic N) is 3. The third-order valence-corrected chi connectivity index (χ3v) is 6.10. The molecule has 0 saturated heterocycles. The number of aliphatic imine (C=N–C) groups is 1. The first-order valence-corrected chi connectivity index (χ1v) is 10.3. The Labute approximate surface area is 176 Å². The van der Waals surface area contributed by atoms with Crippen molar-refractivity contribution in [2.45, 2.75) is 50.7 Å². The lowest BCUT2D eigenvalue weighted by atomic mass is 9.79. The smallest absolute Gasteiger partial charge is 0.253 e. The van der Waals surface area contributed by atoms with Crippen LogP contribution in [0.5, 0.6) is 0 Å². The van der Waals surface area contributed by atoms with Crippen LogP contribution in [0.2, 0.25) is 0 Å². The quantitative estimate of drug-likeness (QED) is 0.635. The maximum Gasteiger partial charge on any atom is 0.253 e. The minimum atomic E-state index is -0.452.